The Labute approximate surface area is 119 Å². The molecular formula is C14H20BNO4. The zero-order chi connectivity index (χ0) is 15.0. The lowest BCUT2D eigenvalue weighted by atomic mass is 9.79. The normalized spacial score (nSPS) is 19.9. The minimum Gasteiger partial charge on any atom is -0.459 e. The average molecular weight is 277 g/mol. The number of nitrogens with zero attached hydrogens (tertiary/aromatic N) is 1. The number of ether oxygens (including phenoxy) is 1. The van der Waals surface area contributed by atoms with Gasteiger partial charge in [0.05, 0.1) is 16.9 Å². The van der Waals surface area contributed by atoms with Crippen molar-refractivity contribution in [2.24, 2.45) is 0 Å². The van der Waals surface area contributed by atoms with Crippen LogP contribution in [0.15, 0.2) is 18.3 Å². The molecule has 0 aliphatic carbocycles. The molecule has 0 unspecified atom stereocenters. The predicted octanol–water partition coefficient (Wildman–Crippen LogP) is 1.44. The topological polar surface area (TPSA) is 57.7 Å². The van der Waals surface area contributed by atoms with E-state index in [1.54, 1.807) is 6.20 Å². The van der Waals surface area contributed by atoms with Gasteiger partial charge in [-0.3, -0.25) is 9.78 Å². The van der Waals surface area contributed by atoms with Crippen LogP contribution in [0.3, 0.4) is 0 Å². The van der Waals surface area contributed by atoms with Crippen molar-refractivity contribution in [1.29, 1.82) is 0 Å². The Morgan fingerprint density at radius 2 is 1.90 bits per heavy atom. The van der Waals surface area contributed by atoms with Gasteiger partial charge >= 0.3 is 13.1 Å². The van der Waals surface area contributed by atoms with Crippen LogP contribution in [0.4, 0.5) is 0 Å². The molecule has 1 aromatic rings. The molecule has 1 fully saturated rings. The fraction of sp³-hybridized carbons (Fsp3) is 0.571. The summed E-state index contributed by atoms with van der Waals surface area (Å²) in [4.78, 5) is 15.0. The summed E-state index contributed by atoms with van der Waals surface area (Å²) < 4.78 is 16.9. The number of esters is 1. The van der Waals surface area contributed by atoms with Crippen molar-refractivity contribution < 1.29 is 18.8 Å². The van der Waals surface area contributed by atoms with E-state index in [-0.39, 0.29) is 23.8 Å². The van der Waals surface area contributed by atoms with Crippen LogP contribution in [-0.4, -0.2) is 29.3 Å². The maximum atomic E-state index is 10.8. The van der Waals surface area contributed by atoms with Gasteiger partial charge in [-0.2, -0.15) is 0 Å². The average Bonchev–Trinajstić information content (AvgIpc) is 2.56. The first-order valence-electron chi connectivity index (χ1n) is 6.65. The molecule has 1 aliphatic rings. The summed E-state index contributed by atoms with van der Waals surface area (Å²) in [6.07, 6.45) is 1.67. The molecule has 2 heterocycles. The van der Waals surface area contributed by atoms with Crippen molar-refractivity contribution in [3.63, 3.8) is 0 Å². The molecule has 0 saturated carbocycles. The Balaban J connectivity index is 2.14. The van der Waals surface area contributed by atoms with E-state index in [0.717, 1.165) is 5.46 Å². The number of carbonyl (C=O) groups is 1. The number of pyridine rings is 1. The van der Waals surface area contributed by atoms with Gasteiger partial charge in [-0.05, 0) is 45.3 Å². The number of hydrogen-bond acceptors (Lipinski definition) is 5. The fourth-order valence-electron chi connectivity index (χ4n) is 1.88. The van der Waals surface area contributed by atoms with Crippen LogP contribution >= 0.6 is 0 Å². The molecule has 1 aromatic heterocycles. The SMILES string of the molecule is CC(=O)OCc1cc(B2OC(C)(C)C(C)(C)O2)ccn1. The highest BCUT2D eigenvalue weighted by Gasteiger charge is 2.51. The Bertz CT molecular complexity index is 500. The van der Waals surface area contributed by atoms with E-state index in [2.05, 4.69) is 4.98 Å². The van der Waals surface area contributed by atoms with Crippen molar-refractivity contribution in [3.8, 4) is 0 Å². The van der Waals surface area contributed by atoms with Crippen LogP contribution < -0.4 is 5.46 Å². The first-order chi connectivity index (χ1) is 9.21. The minimum absolute atomic E-state index is 0.155. The van der Waals surface area contributed by atoms with Crippen LogP contribution in [-0.2, 0) is 25.4 Å². The Hall–Kier alpha value is -1.40. The molecule has 1 aliphatic heterocycles. The highest BCUT2D eigenvalue weighted by atomic mass is 16.7. The van der Waals surface area contributed by atoms with Crippen LogP contribution in [0.1, 0.15) is 40.3 Å². The van der Waals surface area contributed by atoms with Gasteiger partial charge in [0.15, 0.2) is 0 Å². The summed E-state index contributed by atoms with van der Waals surface area (Å²) >= 11 is 0. The Morgan fingerprint density at radius 3 is 2.45 bits per heavy atom. The van der Waals surface area contributed by atoms with Crippen LogP contribution in [0.25, 0.3) is 0 Å². The Morgan fingerprint density at radius 1 is 1.30 bits per heavy atom. The fourth-order valence-corrected chi connectivity index (χ4v) is 1.88. The van der Waals surface area contributed by atoms with Crippen molar-refractivity contribution in [2.45, 2.75) is 52.4 Å². The zero-order valence-electron chi connectivity index (χ0n) is 12.6. The molecule has 0 aromatic carbocycles. The van der Waals surface area contributed by atoms with Gasteiger partial charge in [-0.15, -0.1) is 0 Å². The molecule has 0 radical (unpaired) electrons. The van der Waals surface area contributed by atoms with Crippen LogP contribution in [0.5, 0.6) is 0 Å². The van der Waals surface area contributed by atoms with Crippen LogP contribution in [0.2, 0.25) is 0 Å². The summed E-state index contributed by atoms with van der Waals surface area (Å²) in [6.45, 7) is 9.56. The summed E-state index contributed by atoms with van der Waals surface area (Å²) in [5, 5.41) is 0. The maximum absolute atomic E-state index is 10.8. The summed E-state index contributed by atoms with van der Waals surface area (Å²) in [5.41, 5.74) is 0.793. The van der Waals surface area contributed by atoms with Gasteiger partial charge in [-0.1, -0.05) is 0 Å². The zero-order valence-corrected chi connectivity index (χ0v) is 12.6. The van der Waals surface area contributed by atoms with E-state index in [9.17, 15) is 4.79 Å². The van der Waals surface area contributed by atoms with E-state index in [4.69, 9.17) is 14.0 Å². The summed E-state index contributed by atoms with van der Waals surface area (Å²) in [6, 6.07) is 3.69. The highest BCUT2D eigenvalue weighted by molar-refractivity contribution is 6.62. The second kappa shape index (κ2) is 5.18. The van der Waals surface area contributed by atoms with Gasteiger partial charge in [0.2, 0.25) is 0 Å². The number of carbonyl (C=O) groups excluding carboxylic acids is 1. The molecule has 0 N–H and O–H groups in total. The van der Waals surface area contributed by atoms with E-state index in [1.165, 1.54) is 6.92 Å². The molecule has 5 nitrogen and oxygen atoms in total. The maximum Gasteiger partial charge on any atom is 0.494 e. The van der Waals surface area contributed by atoms with Gasteiger partial charge in [0.1, 0.15) is 6.61 Å². The molecule has 20 heavy (non-hydrogen) atoms. The third-order valence-electron chi connectivity index (χ3n) is 3.79. The first-order valence-corrected chi connectivity index (χ1v) is 6.65. The van der Waals surface area contributed by atoms with E-state index in [0.29, 0.717) is 5.69 Å². The lowest BCUT2D eigenvalue weighted by Gasteiger charge is -2.32. The van der Waals surface area contributed by atoms with Gasteiger partial charge in [-0.25, -0.2) is 0 Å². The van der Waals surface area contributed by atoms with Crippen molar-refractivity contribution in [1.82, 2.24) is 4.98 Å². The van der Waals surface area contributed by atoms with Gasteiger partial charge in [0.25, 0.3) is 0 Å². The van der Waals surface area contributed by atoms with Crippen LogP contribution in [0, 0.1) is 0 Å². The molecule has 108 valence electrons. The smallest absolute Gasteiger partial charge is 0.459 e. The second-order valence-electron chi connectivity index (χ2n) is 5.95. The monoisotopic (exact) mass is 277 g/mol. The lowest BCUT2D eigenvalue weighted by molar-refractivity contribution is -0.142. The quantitative estimate of drug-likeness (QED) is 0.618. The van der Waals surface area contributed by atoms with Gasteiger partial charge < -0.3 is 14.0 Å². The summed E-state index contributed by atoms with van der Waals surface area (Å²) in [5.74, 6) is -0.326. The number of hydrogen-bond donors (Lipinski definition) is 0. The van der Waals surface area contributed by atoms with Crippen molar-refractivity contribution >= 4 is 18.6 Å². The van der Waals surface area contributed by atoms with E-state index >= 15 is 0 Å². The molecular weight excluding hydrogens is 257 g/mol. The minimum atomic E-state index is -0.431. The number of aromatic nitrogens is 1. The summed E-state index contributed by atoms with van der Waals surface area (Å²) in [7, 11) is -0.431. The molecule has 1 saturated heterocycles. The molecule has 0 atom stereocenters. The first kappa shape index (κ1) is 15.0. The van der Waals surface area contributed by atoms with Crippen molar-refractivity contribution in [3.05, 3.63) is 24.0 Å². The van der Waals surface area contributed by atoms with Crippen molar-refractivity contribution in [2.75, 3.05) is 0 Å². The largest absolute Gasteiger partial charge is 0.494 e. The molecule has 6 heteroatoms. The standard InChI is InChI=1S/C14H20BNO4/c1-10(17)18-9-12-8-11(6-7-16-12)15-19-13(2,3)14(4,5)20-15/h6-8H,9H2,1-5H3. The third-order valence-corrected chi connectivity index (χ3v) is 3.79. The third kappa shape index (κ3) is 3.02. The predicted molar refractivity (Wildman–Crippen MR) is 75.4 cm³/mol. The highest BCUT2D eigenvalue weighted by Crippen LogP contribution is 2.36. The molecule has 0 bridgehead atoms. The lowest BCUT2D eigenvalue weighted by Crippen LogP contribution is -2.41. The van der Waals surface area contributed by atoms with Gasteiger partial charge in [0, 0.05) is 13.1 Å². The second-order valence-corrected chi connectivity index (χ2v) is 5.95. The van der Waals surface area contributed by atoms with E-state index in [1.807, 2.05) is 39.8 Å². The van der Waals surface area contributed by atoms with E-state index < -0.39 is 7.12 Å². The molecule has 2 rings (SSSR count). The molecule has 0 amide bonds. The Kier molecular flexibility index (Phi) is 3.89. The number of rotatable bonds is 3. The molecule has 0 spiro atoms.